The van der Waals surface area contributed by atoms with Gasteiger partial charge in [0.2, 0.25) is 0 Å². The maximum Gasteiger partial charge on any atom is 0.306 e. The summed E-state index contributed by atoms with van der Waals surface area (Å²) in [6, 6.07) is 0. The van der Waals surface area contributed by atoms with Gasteiger partial charge in [0.05, 0.1) is 0 Å². The summed E-state index contributed by atoms with van der Waals surface area (Å²) in [5.74, 6) is -0.929. The van der Waals surface area contributed by atoms with Crippen LogP contribution in [-0.2, 0) is 28.6 Å². The van der Waals surface area contributed by atoms with E-state index in [9.17, 15) is 14.4 Å². The smallest absolute Gasteiger partial charge is 0.306 e. The maximum absolute atomic E-state index is 12.9. The lowest BCUT2D eigenvalue weighted by Crippen LogP contribution is -2.30. The van der Waals surface area contributed by atoms with Gasteiger partial charge in [0.15, 0.2) is 6.10 Å². The van der Waals surface area contributed by atoms with Crippen LogP contribution >= 0.6 is 0 Å². The van der Waals surface area contributed by atoms with Crippen molar-refractivity contribution in [3.8, 4) is 0 Å². The van der Waals surface area contributed by atoms with Crippen LogP contribution in [0.2, 0.25) is 0 Å². The van der Waals surface area contributed by atoms with E-state index in [1.807, 2.05) is 0 Å². The Labute approximate surface area is 505 Å². The molecule has 0 aromatic heterocycles. The van der Waals surface area contributed by atoms with Crippen LogP contribution in [0.1, 0.15) is 284 Å². The highest BCUT2D eigenvalue weighted by atomic mass is 16.6. The SMILES string of the molecule is CC/C=C\C/C=C\C/C=C\C/C=C\C/C=C\C/C=C\C/C=C\C/C=C\C/C=C\C/C=C\CCCCCCC(=O)OCC(COC(=O)CCCCCCCCCCCCCC)OC(=O)CCCCCCCCC/C=C\C/C=C\C/C=C\CC. The first-order valence-electron chi connectivity index (χ1n) is 33.5. The molecular formula is C76H122O6. The van der Waals surface area contributed by atoms with Gasteiger partial charge in [0.25, 0.3) is 0 Å². The Kier molecular flexibility index (Phi) is 64.4. The topological polar surface area (TPSA) is 78.9 Å². The lowest BCUT2D eigenvalue weighted by molar-refractivity contribution is -0.167. The van der Waals surface area contributed by atoms with E-state index in [1.165, 1.54) is 83.5 Å². The molecular weight excluding hydrogens is 1010 g/mol. The molecule has 0 aliphatic rings. The van der Waals surface area contributed by atoms with Crippen LogP contribution in [0.4, 0.5) is 0 Å². The fourth-order valence-corrected chi connectivity index (χ4v) is 8.84. The number of esters is 3. The minimum absolute atomic E-state index is 0.0931. The summed E-state index contributed by atoms with van der Waals surface area (Å²) in [6.07, 6.45) is 99.7. The van der Waals surface area contributed by atoms with Crippen LogP contribution in [0.25, 0.3) is 0 Å². The quantitative estimate of drug-likeness (QED) is 0.0261. The fraction of sp³-hybridized carbons (Fsp3) is 0.618. The van der Waals surface area contributed by atoms with Crippen molar-refractivity contribution in [3.05, 3.63) is 158 Å². The highest BCUT2D eigenvalue weighted by Crippen LogP contribution is 2.15. The Balaban J connectivity index is 4.33. The van der Waals surface area contributed by atoms with Crippen molar-refractivity contribution in [1.29, 1.82) is 0 Å². The molecule has 82 heavy (non-hydrogen) atoms. The van der Waals surface area contributed by atoms with Gasteiger partial charge < -0.3 is 14.2 Å². The number of rotatable bonds is 59. The number of carbonyl (C=O) groups excluding carboxylic acids is 3. The van der Waals surface area contributed by atoms with Crippen molar-refractivity contribution in [3.63, 3.8) is 0 Å². The molecule has 0 radical (unpaired) electrons. The lowest BCUT2D eigenvalue weighted by atomic mass is 10.0. The maximum atomic E-state index is 12.9. The normalized spacial score (nSPS) is 13.2. The predicted octanol–water partition coefficient (Wildman–Crippen LogP) is 23.3. The third-order valence-corrected chi connectivity index (χ3v) is 13.8. The highest BCUT2D eigenvalue weighted by Gasteiger charge is 2.19. The third-order valence-electron chi connectivity index (χ3n) is 13.8. The second-order valence-corrected chi connectivity index (χ2v) is 21.6. The molecule has 6 heteroatoms. The second kappa shape index (κ2) is 68.5. The van der Waals surface area contributed by atoms with Gasteiger partial charge in [-0.2, -0.15) is 0 Å². The van der Waals surface area contributed by atoms with Gasteiger partial charge >= 0.3 is 17.9 Å². The van der Waals surface area contributed by atoms with Gasteiger partial charge in [0.1, 0.15) is 13.2 Å². The van der Waals surface area contributed by atoms with Crippen LogP contribution in [-0.4, -0.2) is 37.2 Å². The first-order chi connectivity index (χ1) is 40.5. The molecule has 462 valence electrons. The molecule has 0 aromatic rings. The zero-order chi connectivity index (χ0) is 59.2. The first kappa shape index (κ1) is 77.0. The molecule has 0 fully saturated rings. The number of unbranched alkanes of at least 4 members (excludes halogenated alkanes) is 22. The summed E-state index contributed by atoms with van der Waals surface area (Å²) in [4.78, 5) is 38.3. The first-order valence-corrected chi connectivity index (χ1v) is 33.5. The van der Waals surface area contributed by atoms with E-state index in [-0.39, 0.29) is 31.1 Å². The van der Waals surface area contributed by atoms with E-state index in [4.69, 9.17) is 14.2 Å². The molecule has 1 atom stereocenters. The number of allylic oxidation sites excluding steroid dienone is 26. The molecule has 0 spiro atoms. The molecule has 0 saturated carbocycles. The van der Waals surface area contributed by atoms with Crippen LogP contribution in [0.3, 0.4) is 0 Å². The Morgan fingerprint density at radius 3 is 0.744 bits per heavy atom. The predicted molar refractivity (Wildman–Crippen MR) is 357 cm³/mol. The number of ether oxygens (including phenoxy) is 3. The van der Waals surface area contributed by atoms with Gasteiger partial charge in [-0.1, -0.05) is 294 Å². The van der Waals surface area contributed by atoms with E-state index in [0.29, 0.717) is 19.3 Å². The molecule has 6 nitrogen and oxygen atoms in total. The van der Waals surface area contributed by atoms with Crippen LogP contribution in [0.5, 0.6) is 0 Å². The third kappa shape index (κ3) is 65.8. The molecule has 0 aliphatic heterocycles. The van der Waals surface area contributed by atoms with Crippen molar-refractivity contribution < 1.29 is 28.6 Å². The van der Waals surface area contributed by atoms with Crippen molar-refractivity contribution in [2.24, 2.45) is 0 Å². The number of carbonyl (C=O) groups is 3. The molecule has 0 aliphatic carbocycles. The van der Waals surface area contributed by atoms with Crippen LogP contribution < -0.4 is 0 Å². The van der Waals surface area contributed by atoms with Crippen molar-refractivity contribution >= 4 is 17.9 Å². The van der Waals surface area contributed by atoms with Crippen LogP contribution in [0.15, 0.2) is 158 Å². The lowest BCUT2D eigenvalue weighted by Gasteiger charge is -2.18. The Morgan fingerprint density at radius 2 is 0.476 bits per heavy atom. The van der Waals surface area contributed by atoms with E-state index in [0.717, 1.165) is 161 Å². The molecule has 0 heterocycles. The molecule has 0 bridgehead atoms. The van der Waals surface area contributed by atoms with E-state index < -0.39 is 6.10 Å². The average molecular weight is 1130 g/mol. The van der Waals surface area contributed by atoms with Gasteiger partial charge in [-0.05, 0) is 128 Å². The van der Waals surface area contributed by atoms with E-state index in [2.05, 4.69) is 179 Å². The van der Waals surface area contributed by atoms with E-state index >= 15 is 0 Å². The average Bonchev–Trinajstić information content (AvgIpc) is 3.47. The van der Waals surface area contributed by atoms with Crippen LogP contribution in [0, 0.1) is 0 Å². The molecule has 0 amide bonds. The van der Waals surface area contributed by atoms with Gasteiger partial charge in [-0.15, -0.1) is 0 Å². The van der Waals surface area contributed by atoms with Gasteiger partial charge in [-0.3, -0.25) is 14.4 Å². The second-order valence-electron chi connectivity index (χ2n) is 21.6. The molecule has 0 aromatic carbocycles. The summed E-state index contributed by atoms with van der Waals surface area (Å²) < 4.78 is 16.9. The van der Waals surface area contributed by atoms with Gasteiger partial charge in [-0.25, -0.2) is 0 Å². The van der Waals surface area contributed by atoms with Crippen molar-refractivity contribution in [2.45, 2.75) is 290 Å². The molecule has 0 rings (SSSR count). The Bertz CT molecular complexity index is 1830. The molecule has 1 unspecified atom stereocenters. The molecule has 0 saturated heterocycles. The largest absolute Gasteiger partial charge is 0.462 e. The summed E-state index contributed by atoms with van der Waals surface area (Å²) in [6.45, 7) is 6.39. The minimum Gasteiger partial charge on any atom is -0.462 e. The summed E-state index contributed by atoms with van der Waals surface area (Å²) >= 11 is 0. The Hall–Kier alpha value is -4.97. The van der Waals surface area contributed by atoms with Gasteiger partial charge in [0, 0.05) is 19.3 Å². The van der Waals surface area contributed by atoms with Crippen molar-refractivity contribution in [1.82, 2.24) is 0 Å². The van der Waals surface area contributed by atoms with Crippen molar-refractivity contribution in [2.75, 3.05) is 13.2 Å². The molecule has 0 N–H and O–H groups in total. The monoisotopic (exact) mass is 1130 g/mol. The summed E-state index contributed by atoms with van der Waals surface area (Å²) in [7, 11) is 0. The van der Waals surface area contributed by atoms with E-state index in [1.54, 1.807) is 0 Å². The summed E-state index contributed by atoms with van der Waals surface area (Å²) in [5, 5.41) is 0. The summed E-state index contributed by atoms with van der Waals surface area (Å²) in [5.41, 5.74) is 0. The minimum atomic E-state index is -0.800. The number of hydrogen-bond acceptors (Lipinski definition) is 6. The number of hydrogen-bond donors (Lipinski definition) is 0. The highest BCUT2D eigenvalue weighted by molar-refractivity contribution is 5.71. The fourth-order valence-electron chi connectivity index (χ4n) is 8.84. The standard InChI is InChI=1S/C76H122O6/c1-4-7-10-13-16-19-22-25-27-29-30-31-32-33-34-35-36-37-38-39-40-41-42-43-44-45-46-48-49-51-54-57-60-63-66-69-75(78)81-72-73(71-80-74(77)68-65-62-59-56-53-24-21-18-15-12-9-6-3)82-76(79)70-67-64-61-58-55-52-50-47-28-26-23-20-17-14-11-8-5-2/h7-8,10-11,16-17,19-20,25-28,30-31,33-34,36-37,39-40,42-43,45-46,49,51,73H,4-6,9,12-15,18,21-24,29,32,35,38,41,44,47-48,50,52-72H2,1-3H3/b10-7-,11-8-,19-16-,20-17-,27-25-,28-26-,31-30-,34-33-,37-36-,40-39-,43-42-,46-45-,51-49-. The zero-order valence-corrected chi connectivity index (χ0v) is 52.9. The zero-order valence-electron chi connectivity index (χ0n) is 52.9. The Morgan fingerprint density at radius 1 is 0.256 bits per heavy atom.